The van der Waals surface area contributed by atoms with Crippen LogP contribution in [0.25, 0.3) is 0 Å². The highest BCUT2D eigenvalue weighted by atomic mass is 127. The molecule has 4 rings (SSSR count). The van der Waals surface area contributed by atoms with Crippen LogP contribution in [-0.4, -0.2) is 23.2 Å². The largest absolute Gasteiger partial charge is 0.430 e. The van der Waals surface area contributed by atoms with E-state index in [1.54, 1.807) is 72.9 Å². The minimum atomic E-state index is -0.909. The standard InChI is InChI=1S/C22H18IN3O4/c23-18-14-24-20(13-19(18)25-15-11-12-15)26(21(27)29-16-7-3-1-4-8-16)22(28)30-17-9-5-2-6-10-17/h1-10,13-15H,11-12H2,(H,24,25). The molecule has 152 valence electrons. The van der Waals surface area contributed by atoms with Crippen molar-refractivity contribution in [2.75, 3.05) is 10.2 Å². The first kappa shape index (κ1) is 20.1. The number of nitrogens with one attached hydrogen (secondary N) is 1. The van der Waals surface area contributed by atoms with Crippen molar-refractivity contribution in [1.29, 1.82) is 0 Å². The quantitative estimate of drug-likeness (QED) is 0.455. The molecular formula is C22H18IN3O4. The van der Waals surface area contributed by atoms with Crippen molar-refractivity contribution in [1.82, 2.24) is 4.98 Å². The highest BCUT2D eigenvalue weighted by molar-refractivity contribution is 14.1. The molecule has 8 heteroatoms. The van der Waals surface area contributed by atoms with Gasteiger partial charge in [0.15, 0.2) is 5.82 Å². The molecule has 1 saturated carbocycles. The average Bonchev–Trinajstić information content (AvgIpc) is 3.56. The lowest BCUT2D eigenvalue weighted by Crippen LogP contribution is -2.41. The van der Waals surface area contributed by atoms with Crippen LogP contribution in [-0.2, 0) is 0 Å². The molecule has 2 amide bonds. The lowest BCUT2D eigenvalue weighted by atomic mass is 10.3. The maximum Gasteiger partial charge on any atom is 0.430 e. The monoisotopic (exact) mass is 515 g/mol. The van der Waals surface area contributed by atoms with Gasteiger partial charge in [-0.05, 0) is 59.7 Å². The molecule has 1 aromatic heterocycles. The topological polar surface area (TPSA) is 80.8 Å². The van der Waals surface area contributed by atoms with Crippen molar-refractivity contribution in [3.63, 3.8) is 0 Å². The van der Waals surface area contributed by atoms with E-state index in [1.165, 1.54) is 0 Å². The average molecular weight is 515 g/mol. The van der Waals surface area contributed by atoms with Crippen LogP contribution in [0.5, 0.6) is 11.5 Å². The van der Waals surface area contributed by atoms with Gasteiger partial charge in [-0.2, -0.15) is 4.90 Å². The highest BCUT2D eigenvalue weighted by Gasteiger charge is 2.30. The molecular weight excluding hydrogens is 497 g/mol. The third-order valence-corrected chi connectivity index (χ3v) is 5.13. The molecule has 0 saturated heterocycles. The number of hydrogen-bond acceptors (Lipinski definition) is 6. The van der Waals surface area contributed by atoms with Gasteiger partial charge in [0.1, 0.15) is 11.5 Å². The number of carbonyl (C=O) groups is 2. The Morgan fingerprint density at radius 3 is 1.97 bits per heavy atom. The SMILES string of the molecule is O=C(Oc1ccccc1)N(C(=O)Oc1ccccc1)c1cc(NC2CC2)c(I)cn1. The molecule has 0 bridgehead atoms. The zero-order valence-electron chi connectivity index (χ0n) is 15.8. The van der Waals surface area contributed by atoms with E-state index in [9.17, 15) is 9.59 Å². The fourth-order valence-electron chi connectivity index (χ4n) is 2.64. The van der Waals surface area contributed by atoms with Crippen molar-refractivity contribution >= 4 is 46.3 Å². The number of anilines is 2. The van der Waals surface area contributed by atoms with Crippen molar-refractivity contribution in [2.45, 2.75) is 18.9 Å². The molecule has 1 aliphatic rings. The summed E-state index contributed by atoms with van der Waals surface area (Å²) in [6.45, 7) is 0. The Morgan fingerprint density at radius 2 is 1.47 bits per heavy atom. The van der Waals surface area contributed by atoms with Gasteiger partial charge in [-0.25, -0.2) is 14.6 Å². The first-order valence-electron chi connectivity index (χ1n) is 9.36. The lowest BCUT2D eigenvalue weighted by molar-refractivity contribution is 0.190. The van der Waals surface area contributed by atoms with E-state index >= 15 is 0 Å². The molecule has 0 unspecified atom stereocenters. The fraction of sp³-hybridized carbons (Fsp3) is 0.136. The van der Waals surface area contributed by atoms with Crippen LogP contribution in [0, 0.1) is 3.57 Å². The van der Waals surface area contributed by atoms with E-state index in [4.69, 9.17) is 9.47 Å². The lowest BCUT2D eigenvalue weighted by Gasteiger charge is -2.20. The van der Waals surface area contributed by atoms with Crippen molar-refractivity contribution in [2.24, 2.45) is 0 Å². The van der Waals surface area contributed by atoms with E-state index < -0.39 is 12.2 Å². The number of hydrogen-bond donors (Lipinski definition) is 1. The summed E-state index contributed by atoms with van der Waals surface area (Å²) in [5, 5.41) is 3.38. The zero-order chi connectivity index (χ0) is 20.9. The maximum atomic E-state index is 12.9. The van der Waals surface area contributed by atoms with Crippen molar-refractivity contribution < 1.29 is 19.1 Å². The second-order valence-corrected chi connectivity index (χ2v) is 7.80. The Morgan fingerprint density at radius 1 is 0.933 bits per heavy atom. The number of pyridine rings is 1. The summed E-state index contributed by atoms with van der Waals surface area (Å²) in [6.07, 6.45) is 1.95. The van der Waals surface area contributed by atoms with E-state index in [-0.39, 0.29) is 5.82 Å². The van der Waals surface area contributed by atoms with Gasteiger partial charge < -0.3 is 14.8 Å². The first-order chi connectivity index (χ1) is 14.6. The molecule has 1 fully saturated rings. The number of nitrogens with zero attached hydrogens (tertiary/aromatic N) is 2. The van der Waals surface area contributed by atoms with Gasteiger partial charge in [-0.1, -0.05) is 36.4 Å². The van der Waals surface area contributed by atoms with Gasteiger partial charge in [-0.15, -0.1) is 0 Å². The summed E-state index contributed by atoms with van der Waals surface area (Å²) in [6, 6.07) is 19.1. The summed E-state index contributed by atoms with van der Waals surface area (Å²) in [5.41, 5.74) is 0.799. The number of amides is 2. The summed E-state index contributed by atoms with van der Waals surface area (Å²) < 4.78 is 11.6. The molecule has 0 spiro atoms. The molecule has 7 nitrogen and oxygen atoms in total. The molecule has 0 aliphatic heterocycles. The van der Waals surface area contributed by atoms with Crippen LogP contribution in [0.4, 0.5) is 21.1 Å². The smallest absolute Gasteiger partial charge is 0.410 e. The third kappa shape index (κ3) is 5.07. The van der Waals surface area contributed by atoms with Crippen LogP contribution in [0.3, 0.4) is 0 Å². The van der Waals surface area contributed by atoms with Crippen LogP contribution in [0.15, 0.2) is 72.9 Å². The Balaban J connectivity index is 1.63. The van der Waals surface area contributed by atoms with Gasteiger partial charge in [0.05, 0.1) is 9.26 Å². The van der Waals surface area contributed by atoms with Gasteiger partial charge in [-0.3, -0.25) is 0 Å². The fourth-order valence-corrected chi connectivity index (χ4v) is 3.09. The summed E-state index contributed by atoms with van der Waals surface area (Å²) in [7, 11) is 0. The van der Waals surface area contributed by atoms with E-state index in [0.29, 0.717) is 17.5 Å². The van der Waals surface area contributed by atoms with Gasteiger partial charge in [0, 0.05) is 18.3 Å². The molecule has 0 radical (unpaired) electrons. The second kappa shape index (κ2) is 9.12. The minimum absolute atomic E-state index is 0.112. The summed E-state index contributed by atoms with van der Waals surface area (Å²) in [4.78, 5) is 30.9. The Labute approximate surface area is 187 Å². The van der Waals surface area contributed by atoms with E-state index in [1.807, 2.05) is 0 Å². The number of benzene rings is 2. The Bertz CT molecular complexity index is 989. The van der Waals surface area contributed by atoms with Crippen LogP contribution >= 0.6 is 22.6 Å². The highest BCUT2D eigenvalue weighted by Crippen LogP contribution is 2.30. The van der Waals surface area contributed by atoms with Gasteiger partial charge >= 0.3 is 12.2 Å². The molecule has 1 N–H and O–H groups in total. The van der Waals surface area contributed by atoms with E-state index in [0.717, 1.165) is 27.0 Å². The van der Waals surface area contributed by atoms with Crippen LogP contribution in [0.1, 0.15) is 12.8 Å². The minimum Gasteiger partial charge on any atom is -0.410 e. The normalized spacial score (nSPS) is 12.7. The van der Waals surface area contributed by atoms with Crippen molar-refractivity contribution in [3.8, 4) is 11.5 Å². The zero-order valence-corrected chi connectivity index (χ0v) is 18.0. The van der Waals surface area contributed by atoms with Crippen LogP contribution in [0.2, 0.25) is 0 Å². The maximum absolute atomic E-state index is 12.9. The molecule has 0 atom stereocenters. The molecule has 30 heavy (non-hydrogen) atoms. The molecule has 3 aromatic rings. The third-order valence-electron chi connectivity index (χ3n) is 4.27. The predicted octanol–water partition coefficient (Wildman–Crippen LogP) is 5.46. The number of ether oxygens (including phenoxy) is 2. The number of rotatable bonds is 5. The number of halogens is 1. The van der Waals surface area contributed by atoms with Crippen molar-refractivity contribution in [3.05, 3.63) is 76.5 Å². The van der Waals surface area contributed by atoms with Crippen LogP contribution < -0.4 is 19.7 Å². The predicted molar refractivity (Wildman–Crippen MR) is 121 cm³/mol. The molecule has 1 heterocycles. The number of para-hydroxylation sites is 2. The second-order valence-electron chi connectivity index (χ2n) is 6.64. The summed E-state index contributed by atoms with van der Waals surface area (Å²) >= 11 is 2.16. The Kier molecular flexibility index (Phi) is 6.12. The Hall–Kier alpha value is -3.14. The van der Waals surface area contributed by atoms with Gasteiger partial charge in [0.2, 0.25) is 0 Å². The number of carbonyl (C=O) groups excluding carboxylic acids is 2. The molecule has 2 aromatic carbocycles. The number of imide groups is 1. The molecule has 1 aliphatic carbocycles. The summed E-state index contributed by atoms with van der Waals surface area (Å²) in [5.74, 6) is 0.726. The van der Waals surface area contributed by atoms with Gasteiger partial charge in [0.25, 0.3) is 0 Å². The van der Waals surface area contributed by atoms with E-state index in [2.05, 4.69) is 32.9 Å². The first-order valence-corrected chi connectivity index (χ1v) is 10.4. The number of aromatic nitrogens is 1.